The van der Waals surface area contributed by atoms with Crippen molar-refractivity contribution in [1.29, 1.82) is 5.26 Å². The molecule has 1 rings (SSSR count). The van der Waals surface area contributed by atoms with Crippen molar-refractivity contribution in [3.8, 4) is 11.8 Å². The molecule has 3 nitrogen and oxygen atoms in total. The minimum atomic E-state index is -0.493. The van der Waals surface area contributed by atoms with Gasteiger partial charge in [0, 0.05) is 12.1 Å². The molecular formula is C16H23FN2O. The molecule has 20 heavy (non-hydrogen) atoms. The molecule has 0 aliphatic heterocycles. The number of nitriles is 1. The van der Waals surface area contributed by atoms with Crippen LogP contribution >= 0.6 is 0 Å². The molecule has 0 saturated carbocycles. The SMILES string of the molecule is CC(C)NC(C)(C#N)CCCCOc1cccc(F)c1. The van der Waals surface area contributed by atoms with Gasteiger partial charge in [0.2, 0.25) is 0 Å². The molecule has 0 amide bonds. The molecule has 0 radical (unpaired) electrons. The third-order valence-corrected chi connectivity index (χ3v) is 2.99. The summed E-state index contributed by atoms with van der Waals surface area (Å²) in [6.45, 7) is 6.51. The van der Waals surface area contributed by atoms with Crippen molar-refractivity contribution >= 4 is 0 Å². The van der Waals surface area contributed by atoms with Crippen LogP contribution in [0.5, 0.6) is 5.75 Å². The molecule has 0 fully saturated rings. The second-order valence-corrected chi connectivity index (χ2v) is 5.51. The first-order valence-corrected chi connectivity index (χ1v) is 7.02. The molecule has 4 heteroatoms. The summed E-state index contributed by atoms with van der Waals surface area (Å²) in [5, 5.41) is 12.5. The van der Waals surface area contributed by atoms with Crippen LogP contribution in [0.15, 0.2) is 24.3 Å². The molecule has 1 aromatic rings. The van der Waals surface area contributed by atoms with Crippen LogP contribution in [0.2, 0.25) is 0 Å². The molecule has 0 spiro atoms. The van der Waals surface area contributed by atoms with Crippen molar-refractivity contribution < 1.29 is 9.13 Å². The van der Waals surface area contributed by atoms with Crippen molar-refractivity contribution in [2.45, 2.75) is 51.6 Å². The normalized spacial score (nSPS) is 13.8. The van der Waals surface area contributed by atoms with Crippen molar-refractivity contribution in [1.82, 2.24) is 5.32 Å². The Balaban J connectivity index is 2.26. The highest BCUT2D eigenvalue weighted by Gasteiger charge is 2.23. The topological polar surface area (TPSA) is 45.0 Å². The highest BCUT2D eigenvalue weighted by atomic mass is 19.1. The summed E-state index contributed by atoms with van der Waals surface area (Å²) < 4.78 is 18.4. The second kappa shape index (κ2) is 7.86. The Morgan fingerprint density at radius 1 is 1.40 bits per heavy atom. The molecule has 0 aliphatic carbocycles. The van der Waals surface area contributed by atoms with E-state index in [0.29, 0.717) is 12.4 Å². The van der Waals surface area contributed by atoms with Gasteiger partial charge in [-0.05, 0) is 52.2 Å². The Labute approximate surface area is 120 Å². The minimum Gasteiger partial charge on any atom is -0.493 e. The van der Waals surface area contributed by atoms with Gasteiger partial charge in [-0.15, -0.1) is 0 Å². The fourth-order valence-corrected chi connectivity index (χ4v) is 2.12. The summed E-state index contributed by atoms with van der Waals surface area (Å²) >= 11 is 0. The molecular weight excluding hydrogens is 255 g/mol. The van der Waals surface area contributed by atoms with Crippen LogP contribution in [-0.2, 0) is 0 Å². The molecule has 0 heterocycles. The Morgan fingerprint density at radius 2 is 2.15 bits per heavy atom. The van der Waals surface area contributed by atoms with Crippen LogP contribution < -0.4 is 10.1 Å². The molecule has 1 atom stereocenters. The third-order valence-electron chi connectivity index (χ3n) is 2.99. The first kappa shape index (κ1) is 16.5. The van der Waals surface area contributed by atoms with Crippen LogP contribution in [0.1, 0.15) is 40.0 Å². The zero-order valence-corrected chi connectivity index (χ0v) is 12.4. The van der Waals surface area contributed by atoms with Crippen molar-refractivity contribution in [2.75, 3.05) is 6.61 Å². The van der Waals surface area contributed by atoms with E-state index in [1.54, 1.807) is 12.1 Å². The zero-order valence-electron chi connectivity index (χ0n) is 12.4. The van der Waals surface area contributed by atoms with Crippen LogP contribution in [0, 0.1) is 17.1 Å². The molecule has 0 bridgehead atoms. The highest BCUT2D eigenvalue weighted by molar-refractivity contribution is 5.22. The van der Waals surface area contributed by atoms with Gasteiger partial charge in [-0.25, -0.2) is 4.39 Å². The van der Waals surface area contributed by atoms with Gasteiger partial charge in [-0.3, -0.25) is 5.32 Å². The van der Waals surface area contributed by atoms with Crippen LogP contribution in [0.3, 0.4) is 0 Å². The molecule has 1 unspecified atom stereocenters. The largest absolute Gasteiger partial charge is 0.493 e. The predicted molar refractivity (Wildman–Crippen MR) is 78.0 cm³/mol. The third kappa shape index (κ3) is 6.03. The monoisotopic (exact) mass is 278 g/mol. The number of benzene rings is 1. The fourth-order valence-electron chi connectivity index (χ4n) is 2.12. The lowest BCUT2D eigenvalue weighted by Crippen LogP contribution is -2.44. The number of unbranched alkanes of at least 4 members (excludes halogenated alkanes) is 1. The molecule has 0 saturated heterocycles. The lowest BCUT2D eigenvalue weighted by Gasteiger charge is -2.25. The summed E-state index contributed by atoms with van der Waals surface area (Å²) in [6.07, 6.45) is 2.50. The number of nitrogens with zero attached hydrogens (tertiary/aromatic N) is 1. The predicted octanol–water partition coefficient (Wildman–Crippen LogP) is 3.66. The minimum absolute atomic E-state index is 0.281. The molecule has 110 valence electrons. The van der Waals surface area contributed by atoms with E-state index in [2.05, 4.69) is 11.4 Å². The van der Waals surface area contributed by atoms with E-state index in [-0.39, 0.29) is 11.9 Å². The van der Waals surface area contributed by atoms with Gasteiger partial charge < -0.3 is 4.74 Å². The van der Waals surface area contributed by atoms with Gasteiger partial charge in [0.15, 0.2) is 0 Å². The fraction of sp³-hybridized carbons (Fsp3) is 0.562. The Morgan fingerprint density at radius 3 is 2.75 bits per heavy atom. The standard InChI is InChI=1S/C16H23FN2O/c1-13(2)19-16(3,12-18)9-4-5-10-20-15-8-6-7-14(17)11-15/h6-8,11,13,19H,4-5,9-10H2,1-3H3. The number of hydrogen-bond donors (Lipinski definition) is 1. The lowest BCUT2D eigenvalue weighted by molar-refractivity contribution is 0.291. The summed E-state index contributed by atoms with van der Waals surface area (Å²) in [5.41, 5.74) is -0.493. The van der Waals surface area contributed by atoms with Gasteiger partial charge in [-0.1, -0.05) is 6.07 Å². The molecule has 0 aromatic heterocycles. The number of rotatable bonds is 8. The van der Waals surface area contributed by atoms with Gasteiger partial charge >= 0.3 is 0 Å². The first-order valence-electron chi connectivity index (χ1n) is 7.02. The van der Waals surface area contributed by atoms with E-state index in [1.165, 1.54) is 12.1 Å². The van der Waals surface area contributed by atoms with Gasteiger partial charge in [0.05, 0.1) is 12.7 Å². The maximum atomic E-state index is 12.9. The lowest BCUT2D eigenvalue weighted by atomic mass is 9.96. The summed E-state index contributed by atoms with van der Waals surface area (Å²) in [7, 11) is 0. The second-order valence-electron chi connectivity index (χ2n) is 5.51. The van der Waals surface area contributed by atoms with E-state index >= 15 is 0 Å². The van der Waals surface area contributed by atoms with Crippen LogP contribution in [0.4, 0.5) is 4.39 Å². The molecule has 0 aliphatic rings. The van der Waals surface area contributed by atoms with E-state index in [1.807, 2.05) is 20.8 Å². The summed E-state index contributed by atoms with van der Waals surface area (Å²) in [6, 6.07) is 8.74. The quantitative estimate of drug-likeness (QED) is 0.738. The average molecular weight is 278 g/mol. The highest BCUT2D eigenvalue weighted by Crippen LogP contribution is 2.16. The molecule has 1 aromatic carbocycles. The van der Waals surface area contributed by atoms with E-state index in [9.17, 15) is 9.65 Å². The Bertz CT molecular complexity index is 456. The van der Waals surface area contributed by atoms with Gasteiger partial charge in [0.25, 0.3) is 0 Å². The molecule has 1 N–H and O–H groups in total. The van der Waals surface area contributed by atoms with E-state index in [0.717, 1.165) is 19.3 Å². The van der Waals surface area contributed by atoms with E-state index in [4.69, 9.17) is 4.74 Å². The van der Waals surface area contributed by atoms with Gasteiger partial charge in [0.1, 0.15) is 17.1 Å². The van der Waals surface area contributed by atoms with Crippen molar-refractivity contribution in [2.24, 2.45) is 0 Å². The maximum Gasteiger partial charge on any atom is 0.126 e. The summed E-state index contributed by atoms with van der Waals surface area (Å²) in [5.74, 6) is 0.258. The van der Waals surface area contributed by atoms with Crippen molar-refractivity contribution in [3.05, 3.63) is 30.1 Å². The smallest absolute Gasteiger partial charge is 0.126 e. The van der Waals surface area contributed by atoms with Crippen molar-refractivity contribution in [3.63, 3.8) is 0 Å². The van der Waals surface area contributed by atoms with Crippen LogP contribution in [0.25, 0.3) is 0 Å². The Hall–Kier alpha value is -1.60. The average Bonchev–Trinajstić information content (AvgIpc) is 2.37. The van der Waals surface area contributed by atoms with E-state index < -0.39 is 5.54 Å². The number of halogens is 1. The number of hydrogen-bond acceptors (Lipinski definition) is 3. The maximum absolute atomic E-state index is 12.9. The number of ether oxygens (including phenoxy) is 1. The number of nitrogens with one attached hydrogen (secondary N) is 1. The zero-order chi connectivity index (χ0) is 15.0. The first-order chi connectivity index (χ1) is 9.45. The van der Waals surface area contributed by atoms with Crippen LogP contribution in [-0.4, -0.2) is 18.2 Å². The van der Waals surface area contributed by atoms with Gasteiger partial charge in [-0.2, -0.15) is 5.26 Å². The Kier molecular flexibility index (Phi) is 6.47. The summed E-state index contributed by atoms with van der Waals surface area (Å²) in [4.78, 5) is 0.